The van der Waals surface area contributed by atoms with E-state index in [9.17, 15) is 10.2 Å². The van der Waals surface area contributed by atoms with Gasteiger partial charge in [0.25, 0.3) is 0 Å². The number of aliphatic hydroxyl groups excluding tert-OH is 3. The molecule has 0 saturated carbocycles. The molecule has 0 spiro atoms. The molecule has 0 amide bonds. The van der Waals surface area contributed by atoms with Crippen LogP contribution in [0, 0.1) is 5.41 Å². The topological polar surface area (TPSA) is 116 Å². The number of hydrogen-bond acceptors (Lipinski definition) is 8. The maximum atomic E-state index is 9.81. The van der Waals surface area contributed by atoms with Gasteiger partial charge in [-0.1, -0.05) is 0 Å². The molecule has 1 aromatic rings. The number of ether oxygens (including phenoxy) is 2. The quantitative estimate of drug-likeness (QED) is 0.426. The maximum Gasteiger partial charge on any atom is 0.233 e. The number of hydrogen-bond donors (Lipinski definition) is 4. The van der Waals surface area contributed by atoms with E-state index in [0.29, 0.717) is 10.7 Å². The van der Waals surface area contributed by atoms with Crippen molar-refractivity contribution in [3.63, 3.8) is 0 Å². The van der Waals surface area contributed by atoms with Crippen LogP contribution in [-0.4, -0.2) is 58.2 Å². The minimum atomic E-state index is -1.14. The predicted octanol–water partition coefficient (Wildman–Crippen LogP) is -0.731. The van der Waals surface area contributed by atoms with Crippen LogP contribution in [0.2, 0.25) is 0 Å². The molecule has 0 aromatic carbocycles. The summed E-state index contributed by atoms with van der Waals surface area (Å²) in [6.45, 7) is -0.374. The lowest BCUT2D eigenvalue weighted by Crippen LogP contribution is -2.32. The van der Waals surface area contributed by atoms with Crippen molar-refractivity contribution < 1.29 is 24.8 Å². The second kappa shape index (κ2) is 5.29. The van der Waals surface area contributed by atoms with Crippen LogP contribution in [0.5, 0.6) is 0 Å². The molecular formula is C10H14N2O5S. The summed E-state index contributed by atoms with van der Waals surface area (Å²) in [4.78, 5) is 4.11. The highest BCUT2D eigenvalue weighted by Crippen LogP contribution is 2.34. The summed E-state index contributed by atoms with van der Waals surface area (Å²) < 4.78 is 10.1. The number of nitrogens with one attached hydrogen (secondary N) is 1. The molecule has 4 N–H and O–H groups in total. The van der Waals surface area contributed by atoms with Crippen molar-refractivity contribution in [2.75, 3.05) is 13.7 Å². The van der Waals surface area contributed by atoms with Crippen molar-refractivity contribution in [1.82, 2.24) is 4.98 Å². The van der Waals surface area contributed by atoms with Gasteiger partial charge in [0.1, 0.15) is 35.1 Å². The molecule has 2 rings (SSSR count). The first-order valence-corrected chi connectivity index (χ1v) is 6.17. The number of nitrogens with zero attached hydrogens (tertiary/aromatic N) is 1. The maximum absolute atomic E-state index is 9.81. The van der Waals surface area contributed by atoms with Gasteiger partial charge in [-0.15, -0.1) is 11.3 Å². The molecule has 7 nitrogen and oxygen atoms in total. The van der Waals surface area contributed by atoms with E-state index in [1.807, 2.05) is 0 Å². The Balaban J connectivity index is 2.17. The van der Waals surface area contributed by atoms with Crippen molar-refractivity contribution in [2.45, 2.75) is 24.4 Å². The summed E-state index contributed by atoms with van der Waals surface area (Å²) >= 11 is 1.20. The zero-order chi connectivity index (χ0) is 13.3. The van der Waals surface area contributed by atoms with Gasteiger partial charge >= 0.3 is 0 Å². The third-order valence-corrected chi connectivity index (χ3v) is 3.65. The third kappa shape index (κ3) is 2.25. The Hall–Kier alpha value is -1.06. The summed E-state index contributed by atoms with van der Waals surface area (Å²) in [6.07, 6.45) is -3.90. The standard InChI is InChI=1S/C10H14N2O5S/c1-16-9(11)4-3-18-10(12-4)8-7(15)6(14)5(2-13)17-8/h3,5-8,11,13-15H,2H2,1H3. The SMILES string of the molecule is COC(=N)c1csc(C2OC(CO)C(O)C2O)n1. The van der Waals surface area contributed by atoms with Crippen LogP contribution in [-0.2, 0) is 9.47 Å². The number of thiazole rings is 1. The number of aromatic nitrogens is 1. The fraction of sp³-hybridized carbons (Fsp3) is 0.600. The predicted molar refractivity (Wildman–Crippen MR) is 62.7 cm³/mol. The lowest BCUT2D eigenvalue weighted by molar-refractivity contribution is -0.0228. The molecule has 2 heterocycles. The molecule has 0 bridgehead atoms. The molecule has 4 unspecified atom stereocenters. The highest BCUT2D eigenvalue weighted by molar-refractivity contribution is 7.09. The molecule has 1 saturated heterocycles. The van der Waals surface area contributed by atoms with Crippen LogP contribution in [0.1, 0.15) is 16.8 Å². The lowest BCUT2D eigenvalue weighted by Gasteiger charge is -2.11. The van der Waals surface area contributed by atoms with Crippen molar-refractivity contribution in [2.24, 2.45) is 0 Å². The number of aliphatic hydroxyl groups is 3. The first kappa shape index (κ1) is 13.4. The van der Waals surface area contributed by atoms with Gasteiger partial charge in [0.05, 0.1) is 13.7 Å². The summed E-state index contributed by atoms with van der Waals surface area (Å²) in [5.74, 6) is -0.0794. The second-order valence-corrected chi connectivity index (χ2v) is 4.75. The molecule has 1 fully saturated rings. The molecule has 4 atom stereocenters. The van der Waals surface area contributed by atoms with E-state index < -0.39 is 24.4 Å². The average molecular weight is 274 g/mol. The van der Waals surface area contributed by atoms with Gasteiger partial charge in [-0.3, -0.25) is 5.41 Å². The van der Waals surface area contributed by atoms with Gasteiger partial charge in [-0.2, -0.15) is 0 Å². The molecule has 0 radical (unpaired) electrons. The fourth-order valence-corrected chi connectivity index (χ4v) is 2.60. The molecule has 1 aliphatic heterocycles. The first-order chi connectivity index (χ1) is 8.58. The van der Waals surface area contributed by atoms with Gasteiger partial charge in [0.15, 0.2) is 0 Å². The van der Waals surface area contributed by atoms with E-state index in [-0.39, 0.29) is 12.5 Å². The molecule has 100 valence electrons. The van der Waals surface area contributed by atoms with Crippen molar-refractivity contribution in [3.8, 4) is 0 Å². The van der Waals surface area contributed by atoms with E-state index in [4.69, 9.17) is 20.0 Å². The minimum absolute atomic E-state index is 0.0794. The zero-order valence-corrected chi connectivity index (χ0v) is 10.4. The van der Waals surface area contributed by atoms with E-state index in [0.717, 1.165) is 0 Å². The Bertz CT molecular complexity index is 438. The summed E-state index contributed by atoms with van der Waals surface area (Å²) in [5, 5.41) is 37.9. The largest absolute Gasteiger partial charge is 0.480 e. The van der Waals surface area contributed by atoms with E-state index in [2.05, 4.69) is 4.98 Å². The molecule has 8 heteroatoms. The van der Waals surface area contributed by atoms with Crippen LogP contribution in [0.25, 0.3) is 0 Å². The van der Waals surface area contributed by atoms with Crippen LogP contribution < -0.4 is 0 Å². The third-order valence-electron chi connectivity index (χ3n) is 2.74. The smallest absolute Gasteiger partial charge is 0.233 e. The van der Waals surface area contributed by atoms with Crippen molar-refractivity contribution in [3.05, 3.63) is 16.1 Å². The highest BCUT2D eigenvalue weighted by Gasteiger charge is 2.44. The Morgan fingerprint density at radius 1 is 1.56 bits per heavy atom. The van der Waals surface area contributed by atoms with Gasteiger partial charge in [0, 0.05) is 5.38 Å². The van der Waals surface area contributed by atoms with Crippen LogP contribution >= 0.6 is 11.3 Å². The second-order valence-electron chi connectivity index (χ2n) is 3.86. The number of rotatable bonds is 3. The van der Waals surface area contributed by atoms with E-state index in [1.165, 1.54) is 18.4 Å². The summed E-state index contributed by atoms with van der Waals surface area (Å²) in [6, 6.07) is 0. The summed E-state index contributed by atoms with van der Waals surface area (Å²) in [7, 11) is 1.37. The molecule has 1 aliphatic rings. The first-order valence-electron chi connectivity index (χ1n) is 5.29. The number of methoxy groups -OCH3 is 1. The fourth-order valence-electron chi connectivity index (χ4n) is 1.73. The van der Waals surface area contributed by atoms with Crippen LogP contribution in [0.15, 0.2) is 5.38 Å². The highest BCUT2D eigenvalue weighted by atomic mass is 32.1. The van der Waals surface area contributed by atoms with E-state index in [1.54, 1.807) is 5.38 Å². The van der Waals surface area contributed by atoms with Gasteiger partial charge in [-0.25, -0.2) is 4.98 Å². The Labute approximate surface area is 107 Å². The van der Waals surface area contributed by atoms with Crippen LogP contribution in [0.4, 0.5) is 0 Å². The zero-order valence-electron chi connectivity index (χ0n) is 9.61. The molecular weight excluding hydrogens is 260 g/mol. The average Bonchev–Trinajstić information content (AvgIpc) is 2.96. The Morgan fingerprint density at radius 3 is 2.83 bits per heavy atom. The van der Waals surface area contributed by atoms with Gasteiger partial charge in [-0.05, 0) is 0 Å². The monoisotopic (exact) mass is 274 g/mol. The van der Waals surface area contributed by atoms with Gasteiger partial charge < -0.3 is 24.8 Å². The molecule has 1 aromatic heterocycles. The molecule has 18 heavy (non-hydrogen) atoms. The Morgan fingerprint density at radius 2 is 2.28 bits per heavy atom. The normalized spacial score (nSPS) is 31.6. The van der Waals surface area contributed by atoms with Crippen LogP contribution in [0.3, 0.4) is 0 Å². The van der Waals surface area contributed by atoms with Gasteiger partial charge in [0.2, 0.25) is 5.90 Å². The van der Waals surface area contributed by atoms with E-state index >= 15 is 0 Å². The van der Waals surface area contributed by atoms with Crippen molar-refractivity contribution >= 4 is 17.2 Å². The summed E-state index contributed by atoms with van der Waals surface area (Å²) in [5.41, 5.74) is 0.343. The molecule has 0 aliphatic carbocycles. The lowest BCUT2D eigenvalue weighted by atomic mass is 10.1. The minimum Gasteiger partial charge on any atom is -0.480 e. The van der Waals surface area contributed by atoms with Crippen molar-refractivity contribution in [1.29, 1.82) is 5.41 Å². The Kier molecular flexibility index (Phi) is 3.93.